The summed E-state index contributed by atoms with van der Waals surface area (Å²) in [4.78, 5) is 17.4. The first-order valence-corrected chi connectivity index (χ1v) is 10.8. The Morgan fingerprint density at radius 2 is 2.27 bits per heavy atom. The van der Waals surface area contributed by atoms with Gasteiger partial charge in [0.2, 0.25) is 11.1 Å². The number of aromatic nitrogens is 3. The van der Waals surface area contributed by atoms with Gasteiger partial charge in [0.1, 0.15) is 6.04 Å². The maximum absolute atomic E-state index is 12.7. The molecule has 0 bridgehead atoms. The number of unbranched alkanes of at least 4 members (excludes halogenated alkanes) is 1. The third kappa shape index (κ3) is 3.34. The Morgan fingerprint density at radius 1 is 1.38 bits per heavy atom. The molecule has 1 aliphatic heterocycles. The van der Waals surface area contributed by atoms with Crippen molar-refractivity contribution in [1.29, 1.82) is 0 Å². The highest BCUT2D eigenvalue weighted by Crippen LogP contribution is 2.41. The van der Waals surface area contributed by atoms with Crippen molar-refractivity contribution < 1.29 is 4.79 Å². The average Bonchev–Trinajstić information content (AvgIpc) is 3.02. The van der Waals surface area contributed by atoms with Gasteiger partial charge in [-0.15, -0.1) is 5.10 Å². The van der Waals surface area contributed by atoms with Crippen molar-refractivity contribution in [2.24, 2.45) is 0 Å². The molecule has 0 amide bonds. The van der Waals surface area contributed by atoms with Crippen LogP contribution in [0.5, 0.6) is 0 Å². The van der Waals surface area contributed by atoms with Crippen molar-refractivity contribution in [3.63, 3.8) is 0 Å². The first kappa shape index (κ1) is 17.8. The minimum Gasteiger partial charge on any atom is -0.328 e. The second-order valence-corrected chi connectivity index (χ2v) is 8.59. The monoisotopic (exact) mass is 432 g/mol. The first-order chi connectivity index (χ1) is 12.7. The van der Waals surface area contributed by atoms with Gasteiger partial charge in [0.15, 0.2) is 5.78 Å². The number of hydrogen-bond donors (Lipinski definition) is 1. The molecule has 2 aliphatic rings. The van der Waals surface area contributed by atoms with E-state index in [0.29, 0.717) is 6.42 Å². The van der Waals surface area contributed by atoms with E-state index in [1.165, 1.54) is 0 Å². The molecule has 26 heavy (non-hydrogen) atoms. The third-order valence-corrected chi connectivity index (χ3v) is 6.16. The van der Waals surface area contributed by atoms with Crippen LogP contribution in [0.3, 0.4) is 0 Å². The number of hydrogen-bond acceptors (Lipinski definition) is 5. The van der Waals surface area contributed by atoms with Crippen LogP contribution in [0.2, 0.25) is 0 Å². The molecule has 2 aromatic rings. The Hall–Kier alpha value is -1.60. The minimum atomic E-state index is -0.209. The summed E-state index contributed by atoms with van der Waals surface area (Å²) in [5, 5.41) is 8.89. The number of rotatable bonds is 5. The summed E-state index contributed by atoms with van der Waals surface area (Å²) in [6.45, 7) is 2.18. The molecule has 136 valence electrons. The largest absolute Gasteiger partial charge is 0.328 e. The lowest BCUT2D eigenvalue weighted by molar-refractivity contribution is -0.116. The van der Waals surface area contributed by atoms with Gasteiger partial charge in [-0.25, -0.2) is 4.68 Å². The van der Waals surface area contributed by atoms with Crippen molar-refractivity contribution in [2.75, 3.05) is 11.1 Å². The van der Waals surface area contributed by atoms with E-state index in [-0.39, 0.29) is 11.8 Å². The molecular formula is C19H21BrN4OS. The highest BCUT2D eigenvalue weighted by Gasteiger charge is 2.36. The zero-order chi connectivity index (χ0) is 18.1. The van der Waals surface area contributed by atoms with E-state index in [9.17, 15) is 4.79 Å². The second kappa shape index (κ2) is 7.56. The zero-order valence-electron chi connectivity index (χ0n) is 14.7. The van der Waals surface area contributed by atoms with Gasteiger partial charge in [-0.3, -0.25) is 4.79 Å². The fourth-order valence-electron chi connectivity index (χ4n) is 3.49. The number of allylic oxidation sites excluding steroid dienone is 2. The summed E-state index contributed by atoms with van der Waals surface area (Å²) >= 11 is 5.23. The van der Waals surface area contributed by atoms with Crippen molar-refractivity contribution in [2.45, 2.75) is 50.2 Å². The molecule has 0 fully saturated rings. The maximum atomic E-state index is 12.7. The minimum absolute atomic E-state index is 0.209. The smallest absolute Gasteiger partial charge is 0.227 e. The SMILES string of the molecule is CCCCSc1nc2n(n1)[C@@H](c1cccc(Br)c1)C1=C(CCCC1=O)N2. The number of thioether (sulfide) groups is 1. The van der Waals surface area contributed by atoms with E-state index < -0.39 is 0 Å². The van der Waals surface area contributed by atoms with Gasteiger partial charge in [-0.2, -0.15) is 4.98 Å². The Kier molecular flexibility index (Phi) is 5.18. The molecule has 7 heteroatoms. The Labute approximate surface area is 165 Å². The van der Waals surface area contributed by atoms with Gasteiger partial charge in [0.25, 0.3) is 0 Å². The molecule has 0 saturated heterocycles. The number of nitrogens with zero attached hydrogens (tertiary/aromatic N) is 3. The molecule has 4 rings (SSSR count). The number of fused-ring (bicyclic) bond motifs is 1. The summed E-state index contributed by atoms with van der Waals surface area (Å²) in [7, 11) is 0. The van der Waals surface area contributed by atoms with E-state index in [0.717, 1.165) is 63.8 Å². The Bertz CT molecular complexity index is 876. The van der Waals surface area contributed by atoms with Crippen LogP contribution in [-0.2, 0) is 4.79 Å². The standard InChI is InChI=1S/C19H21BrN4OS/c1-2-3-10-26-19-22-18-21-14-8-5-9-15(25)16(14)17(24(18)23-19)12-6-4-7-13(20)11-12/h4,6-7,11,17H,2-3,5,8-10H2,1H3,(H,21,22,23)/t17-/m0/s1. The van der Waals surface area contributed by atoms with Crippen LogP contribution in [0.4, 0.5) is 5.95 Å². The average molecular weight is 433 g/mol. The van der Waals surface area contributed by atoms with Gasteiger partial charge in [-0.1, -0.05) is 53.2 Å². The number of Topliss-reactive ketones (excluding diaryl/α,β-unsaturated/α-hetero) is 1. The molecule has 1 aliphatic carbocycles. The van der Waals surface area contributed by atoms with Crippen molar-refractivity contribution in [1.82, 2.24) is 14.8 Å². The molecule has 0 saturated carbocycles. The lowest BCUT2D eigenvalue weighted by atomic mass is 9.85. The van der Waals surface area contributed by atoms with Gasteiger partial charge in [0, 0.05) is 27.9 Å². The lowest BCUT2D eigenvalue weighted by Crippen LogP contribution is -2.31. The first-order valence-electron chi connectivity index (χ1n) is 9.05. The quantitative estimate of drug-likeness (QED) is 0.534. The molecule has 2 heterocycles. The summed E-state index contributed by atoms with van der Waals surface area (Å²) < 4.78 is 2.89. The van der Waals surface area contributed by atoms with Crippen LogP contribution in [0.1, 0.15) is 50.6 Å². The van der Waals surface area contributed by atoms with Crippen LogP contribution >= 0.6 is 27.7 Å². The zero-order valence-corrected chi connectivity index (χ0v) is 17.1. The fraction of sp³-hybridized carbons (Fsp3) is 0.421. The van der Waals surface area contributed by atoms with Crippen molar-refractivity contribution in [3.8, 4) is 0 Å². The van der Waals surface area contributed by atoms with Crippen LogP contribution in [0, 0.1) is 0 Å². The Morgan fingerprint density at radius 3 is 3.08 bits per heavy atom. The van der Waals surface area contributed by atoms with Crippen molar-refractivity contribution >= 4 is 39.4 Å². The van der Waals surface area contributed by atoms with E-state index in [1.54, 1.807) is 11.8 Å². The molecule has 1 N–H and O–H groups in total. The summed E-state index contributed by atoms with van der Waals surface area (Å²) in [5.41, 5.74) is 2.91. The highest BCUT2D eigenvalue weighted by atomic mass is 79.9. The van der Waals surface area contributed by atoms with Gasteiger partial charge in [-0.05, 0) is 37.0 Å². The van der Waals surface area contributed by atoms with Gasteiger partial charge < -0.3 is 5.32 Å². The molecule has 1 aromatic heterocycles. The molecular weight excluding hydrogens is 412 g/mol. The van der Waals surface area contributed by atoms with E-state index in [4.69, 9.17) is 5.10 Å². The predicted octanol–water partition coefficient (Wildman–Crippen LogP) is 4.95. The van der Waals surface area contributed by atoms with Crippen LogP contribution in [0.15, 0.2) is 45.2 Å². The van der Waals surface area contributed by atoms with Crippen LogP contribution < -0.4 is 5.32 Å². The topological polar surface area (TPSA) is 59.8 Å². The maximum Gasteiger partial charge on any atom is 0.227 e. The number of carbonyl (C=O) groups excluding carboxylic acids is 1. The molecule has 1 aromatic carbocycles. The summed E-state index contributed by atoms with van der Waals surface area (Å²) in [5.74, 6) is 1.96. The predicted molar refractivity (Wildman–Crippen MR) is 107 cm³/mol. The van der Waals surface area contributed by atoms with E-state index >= 15 is 0 Å². The molecule has 1 atom stereocenters. The molecule has 0 unspecified atom stereocenters. The number of anilines is 1. The number of nitrogens with one attached hydrogen (secondary N) is 1. The van der Waals surface area contributed by atoms with Crippen LogP contribution in [-0.4, -0.2) is 26.3 Å². The van der Waals surface area contributed by atoms with Crippen LogP contribution in [0.25, 0.3) is 0 Å². The Balaban J connectivity index is 1.77. The normalized spacial score (nSPS) is 19.2. The number of ketones is 1. The number of carbonyl (C=O) groups is 1. The molecule has 5 nitrogen and oxygen atoms in total. The van der Waals surface area contributed by atoms with Gasteiger partial charge in [0.05, 0.1) is 0 Å². The molecule has 0 spiro atoms. The van der Waals surface area contributed by atoms with E-state index in [1.807, 2.05) is 16.8 Å². The molecule has 0 radical (unpaired) electrons. The summed E-state index contributed by atoms with van der Waals surface area (Å²) in [6, 6.07) is 7.92. The summed E-state index contributed by atoms with van der Waals surface area (Å²) in [6.07, 6.45) is 4.68. The van der Waals surface area contributed by atoms with Gasteiger partial charge >= 0.3 is 0 Å². The fourth-order valence-corrected chi connectivity index (χ4v) is 4.82. The van der Waals surface area contributed by atoms with E-state index in [2.05, 4.69) is 45.3 Å². The number of halogens is 1. The number of benzene rings is 1. The highest BCUT2D eigenvalue weighted by molar-refractivity contribution is 9.10. The lowest BCUT2D eigenvalue weighted by Gasteiger charge is -2.32. The second-order valence-electron chi connectivity index (χ2n) is 6.62. The van der Waals surface area contributed by atoms with Crippen molar-refractivity contribution in [3.05, 3.63) is 45.6 Å². The third-order valence-electron chi connectivity index (χ3n) is 4.74.